The molecule has 0 atom stereocenters. The van der Waals surface area contributed by atoms with E-state index in [1.165, 1.54) is 0 Å². The highest BCUT2D eigenvalue weighted by Crippen LogP contribution is 2.36. The van der Waals surface area contributed by atoms with Crippen LogP contribution in [0.15, 0.2) is 46.9 Å². The highest BCUT2D eigenvalue weighted by Gasteiger charge is 2.38. The Balaban J connectivity index is 1.47. The number of fused-ring (bicyclic) bond motifs is 1. The maximum atomic E-state index is 12.5. The van der Waals surface area contributed by atoms with Gasteiger partial charge in [0.1, 0.15) is 0 Å². The molecule has 4 rings (SSSR count). The fourth-order valence-electron chi connectivity index (χ4n) is 3.05. The van der Waals surface area contributed by atoms with Crippen LogP contribution in [-0.2, 0) is 0 Å². The third-order valence-corrected chi connectivity index (χ3v) is 4.70. The highest BCUT2D eigenvalue weighted by atomic mass is 16.1. The Hall–Kier alpha value is -3.60. The third-order valence-electron chi connectivity index (χ3n) is 4.70. The number of carbonyl (C=O) groups excluding carboxylic acids is 1. The van der Waals surface area contributed by atoms with Gasteiger partial charge in [0.2, 0.25) is 0 Å². The lowest BCUT2D eigenvalue weighted by molar-refractivity contribution is 0.0951. The second-order valence-electron chi connectivity index (χ2n) is 6.67. The van der Waals surface area contributed by atoms with Gasteiger partial charge in [-0.1, -0.05) is 6.07 Å². The van der Waals surface area contributed by atoms with Gasteiger partial charge in [0.15, 0.2) is 17.1 Å². The number of pyridine rings is 2. The lowest BCUT2D eigenvalue weighted by Crippen LogP contribution is -2.28. The first-order valence-corrected chi connectivity index (χ1v) is 9.04. The van der Waals surface area contributed by atoms with E-state index in [0.717, 1.165) is 17.5 Å². The van der Waals surface area contributed by atoms with Crippen LogP contribution in [0, 0.1) is 19.3 Å². The van der Waals surface area contributed by atoms with Crippen LogP contribution >= 0.6 is 0 Å². The van der Waals surface area contributed by atoms with E-state index in [0.29, 0.717) is 36.4 Å². The van der Waals surface area contributed by atoms with Gasteiger partial charge < -0.3 is 5.32 Å². The van der Waals surface area contributed by atoms with Crippen LogP contribution in [-0.4, -0.2) is 37.9 Å². The van der Waals surface area contributed by atoms with Crippen molar-refractivity contribution in [3.05, 3.63) is 47.9 Å². The fourth-order valence-corrected chi connectivity index (χ4v) is 3.05. The van der Waals surface area contributed by atoms with Crippen molar-refractivity contribution in [3.8, 4) is 18.2 Å². The quantitative estimate of drug-likeness (QED) is 0.644. The summed E-state index contributed by atoms with van der Waals surface area (Å²) >= 11 is 0. The number of rotatable bonds is 7. The van der Waals surface area contributed by atoms with E-state index in [4.69, 9.17) is 6.42 Å². The molecule has 0 unspecified atom stereocenters. The third kappa shape index (κ3) is 3.47. The minimum atomic E-state index is -0.401. The Kier molecular flexibility index (Phi) is 4.57. The molecule has 8 heteroatoms. The summed E-state index contributed by atoms with van der Waals surface area (Å²) in [5, 5.41) is 16.4. The molecule has 4 heterocycles. The molecule has 0 aromatic carbocycles. The number of carbonyl (C=O) groups is 1. The maximum Gasteiger partial charge on any atom is 0.252 e. The molecule has 0 saturated carbocycles. The number of nitrogens with zero attached hydrogens (tertiary/aromatic N) is 6. The lowest BCUT2D eigenvalue weighted by atomic mass is 10.0. The zero-order chi connectivity index (χ0) is 19.6. The zero-order valence-corrected chi connectivity index (χ0v) is 15.5. The van der Waals surface area contributed by atoms with Gasteiger partial charge in [-0.15, -0.1) is 12.3 Å². The standard InChI is InChI=1S/C20H19N7O/c1-3-4-8-20(25-26-20)9-11-22-19(28)15-12-16-14(2)24-27(18(16)23-13-15)17-7-5-6-10-21-17/h1,5-7,10,12-13H,4,8-9,11H2,2H3,(H,22,28). The molecule has 1 aliphatic heterocycles. The van der Waals surface area contributed by atoms with Crippen molar-refractivity contribution in [2.45, 2.75) is 31.8 Å². The number of aromatic nitrogens is 4. The van der Waals surface area contributed by atoms with Crippen LogP contribution in [0.25, 0.3) is 16.9 Å². The summed E-state index contributed by atoms with van der Waals surface area (Å²) in [6.45, 7) is 2.36. The molecule has 0 spiro atoms. The van der Waals surface area contributed by atoms with Gasteiger partial charge in [0, 0.05) is 43.6 Å². The average Bonchev–Trinajstić information content (AvgIpc) is 3.42. The first-order valence-electron chi connectivity index (χ1n) is 9.04. The Labute approximate surface area is 162 Å². The summed E-state index contributed by atoms with van der Waals surface area (Å²) in [6, 6.07) is 7.40. The summed E-state index contributed by atoms with van der Waals surface area (Å²) in [4.78, 5) is 21.3. The molecule has 0 bridgehead atoms. The summed E-state index contributed by atoms with van der Waals surface area (Å²) in [5.41, 5.74) is 1.53. The normalized spacial score (nSPS) is 14.0. The summed E-state index contributed by atoms with van der Waals surface area (Å²) in [7, 11) is 0. The Morgan fingerprint density at radius 1 is 1.29 bits per heavy atom. The van der Waals surface area contributed by atoms with Crippen molar-refractivity contribution in [1.29, 1.82) is 0 Å². The second kappa shape index (κ2) is 7.19. The monoisotopic (exact) mass is 373 g/mol. The van der Waals surface area contributed by atoms with Gasteiger partial charge in [-0.3, -0.25) is 4.79 Å². The molecule has 1 amide bonds. The predicted octanol–water partition coefficient (Wildman–Crippen LogP) is 2.82. The van der Waals surface area contributed by atoms with Crippen molar-refractivity contribution in [2.75, 3.05) is 6.54 Å². The van der Waals surface area contributed by atoms with Crippen LogP contribution in [0.4, 0.5) is 0 Å². The SMILES string of the molecule is C#CCCC1(CCNC(=O)c2cnc3c(c2)c(C)nn3-c2ccccn2)N=N1. The van der Waals surface area contributed by atoms with E-state index in [-0.39, 0.29) is 5.91 Å². The van der Waals surface area contributed by atoms with Crippen LogP contribution in [0.3, 0.4) is 0 Å². The predicted molar refractivity (Wildman–Crippen MR) is 104 cm³/mol. The average molecular weight is 373 g/mol. The minimum Gasteiger partial charge on any atom is -0.352 e. The number of aryl methyl sites for hydroxylation is 1. The van der Waals surface area contributed by atoms with Gasteiger partial charge in [0.25, 0.3) is 5.91 Å². The van der Waals surface area contributed by atoms with Crippen LogP contribution in [0.1, 0.15) is 35.3 Å². The van der Waals surface area contributed by atoms with Crippen molar-refractivity contribution in [1.82, 2.24) is 25.1 Å². The molecule has 1 N–H and O–H groups in total. The van der Waals surface area contributed by atoms with E-state index in [1.54, 1.807) is 23.1 Å². The molecule has 0 saturated heterocycles. The highest BCUT2D eigenvalue weighted by molar-refractivity contribution is 5.97. The topological polar surface area (TPSA) is 97.4 Å². The van der Waals surface area contributed by atoms with E-state index >= 15 is 0 Å². The van der Waals surface area contributed by atoms with Crippen LogP contribution in [0.5, 0.6) is 0 Å². The molecule has 0 fully saturated rings. The van der Waals surface area contributed by atoms with E-state index in [1.807, 2.05) is 25.1 Å². The molecule has 0 radical (unpaired) electrons. The number of hydrogen-bond donors (Lipinski definition) is 1. The number of terminal acetylenes is 1. The van der Waals surface area contributed by atoms with Crippen molar-refractivity contribution in [3.63, 3.8) is 0 Å². The molecule has 3 aromatic heterocycles. The lowest BCUT2D eigenvalue weighted by Gasteiger charge is -2.10. The Morgan fingerprint density at radius 2 is 2.14 bits per heavy atom. The summed E-state index contributed by atoms with van der Waals surface area (Å²) in [5.74, 6) is 3.09. The molecule has 0 aliphatic carbocycles. The number of hydrogen-bond acceptors (Lipinski definition) is 6. The largest absolute Gasteiger partial charge is 0.352 e. The first kappa shape index (κ1) is 17.8. The van der Waals surface area contributed by atoms with Gasteiger partial charge in [-0.2, -0.15) is 20.0 Å². The van der Waals surface area contributed by atoms with Crippen molar-refractivity contribution >= 4 is 16.9 Å². The van der Waals surface area contributed by atoms with E-state index < -0.39 is 5.66 Å². The summed E-state index contributed by atoms with van der Waals surface area (Å²) in [6.07, 6.45) is 10.5. The molecule has 3 aromatic rings. The first-order chi connectivity index (χ1) is 13.6. The Bertz CT molecular complexity index is 1090. The minimum absolute atomic E-state index is 0.188. The Morgan fingerprint density at radius 3 is 2.86 bits per heavy atom. The van der Waals surface area contributed by atoms with Gasteiger partial charge >= 0.3 is 0 Å². The molecule has 140 valence electrons. The zero-order valence-electron chi connectivity index (χ0n) is 15.5. The fraction of sp³-hybridized carbons (Fsp3) is 0.300. The van der Waals surface area contributed by atoms with E-state index in [9.17, 15) is 4.79 Å². The van der Waals surface area contributed by atoms with E-state index in [2.05, 4.69) is 36.5 Å². The van der Waals surface area contributed by atoms with Gasteiger partial charge in [-0.05, 0) is 25.1 Å². The molecule has 1 aliphatic rings. The van der Waals surface area contributed by atoms with Crippen LogP contribution in [0.2, 0.25) is 0 Å². The van der Waals surface area contributed by atoms with Gasteiger partial charge in [-0.25, -0.2) is 9.97 Å². The van der Waals surface area contributed by atoms with Crippen molar-refractivity contribution < 1.29 is 4.79 Å². The van der Waals surface area contributed by atoms with Crippen LogP contribution < -0.4 is 5.32 Å². The molecule has 8 nitrogen and oxygen atoms in total. The molecular formula is C20H19N7O. The molecule has 28 heavy (non-hydrogen) atoms. The summed E-state index contributed by atoms with van der Waals surface area (Å²) < 4.78 is 1.68. The smallest absolute Gasteiger partial charge is 0.252 e. The van der Waals surface area contributed by atoms with Crippen molar-refractivity contribution in [2.24, 2.45) is 10.2 Å². The second-order valence-corrected chi connectivity index (χ2v) is 6.67. The number of amides is 1. The number of nitrogens with one attached hydrogen (secondary N) is 1. The van der Waals surface area contributed by atoms with Gasteiger partial charge in [0.05, 0.1) is 11.3 Å². The maximum absolute atomic E-state index is 12.5. The molecular weight excluding hydrogens is 354 g/mol.